The molecule has 25 heavy (non-hydrogen) atoms. The molecule has 0 spiro atoms. The third kappa shape index (κ3) is 4.61. The molecule has 0 bridgehead atoms. The van der Waals surface area contributed by atoms with Gasteiger partial charge in [-0.05, 0) is 37.8 Å². The highest BCUT2D eigenvalue weighted by molar-refractivity contribution is 5.81. The molecule has 136 valence electrons. The summed E-state index contributed by atoms with van der Waals surface area (Å²) < 4.78 is 0. The van der Waals surface area contributed by atoms with Crippen molar-refractivity contribution in [1.82, 2.24) is 20.5 Å². The molecule has 2 aliphatic rings. The van der Waals surface area contributed by atoms with Crippen LogP contribution in [0, 0.1) is 5.92 Å². The number of aromatic nitrogens is 1. The van der Waals surface area contributed by atoms with E-state index in [2.05, 4.69) is 15.6 Å². The Bertz CT molecular complexity index is 616. The maximum atomic E-state index is 12.4. The fraction of sp³-hybridized carbons (Fsp3) is 0.611. The molecule has 1 atom stereocenters. The van der Waals surface area contributed by atoms with E-state index in [0.717, 1.165) is 25.7 Å². The molecule has 3 amide bonds. The molecule has 7 heteroatoms. The summed E-state index contributed by atoms with van der Waals surface area (Å²) in [5.74, 6) is -0.235. The van der Waals surface area contributed by atoms with Crippen molar-refractivity contribution in [3.63, 3.8) is 0 Å². The third-order valence-corrected chi connectivity index (χ3v) is 5.06. The van der Waals surface area contributed by atoms with E-state index in [1.165, 1.54) is 12.8 Å². The number of nitrogens with zero attached hydrogens (tertiary/aromatic N) is 2. The lowest BCUT2D eigenvalue weighted by atomic mass is 9.97. The molecular formula is C18H26N4O3. The van der Waals surface area contributed by atoms with Gasteiger partial charge in [-0.15, -0.1) is 0 Å². The predicted octanol–water partition coefficient (Wildman–Crippen LogP) is 1.77. The summed E-state index contributed by atoms with van der Waals surface area (Å²) in [4.78, 5) is 30.6. The Morgan fingerprint density at radius 3 is 2.80 bits per heavy atom. The Morgan fingerprint density at radius 2 is 2.04 bits per heavy atom. The van der Waals surface area contributed by atoms with E-state index in [1.807, 2.05) is 0 Å². The molecule has 0 radical (unpaired) electrons. The molecule has 1 aromatic rings. The molecule has 2 heterocycles. The molecule has 1 aliphatic heterocycles. The molecule has 2 fully saturated rings. The summed E-state index contributed by atoms with van der Waals surface area (Å²) in [6.45, 7) is 1.33. The van der Waals surface area contributed by atoms with Gasteiger partial charge in [-0.3, -0.25) is 9.78 Å². The first-order valence-electron chi connectivity index (χ1n) is 9.09. The normalized spacial score (nSPS) is 21.1. The van der Waals surface area contributed by atoms with Crippen molar-refractivity contribution in [1.29, 1.82) is 0 Å². The Kier molecular flexibility index (Phi) is 5.73. The smallest absolute Gasteiger partial charge is 0.317 e. The van der Waals surface area contributed by atoms with E-state index >= 15 is 0 Å². The monoisotopic (exact) mass is 346 g/mol. The van der Waals surface area contributed by atoms with Crippen LogP contribution >= 0.6 is 0 Å². The SMILES string of the molecule is O=C(NCc1ncccc1O)[C@H]1CCCN(C(=O)NC2CCCC2)C1. The number of aromatic hydroxyl groups is 1. The van der Waals surface area contributed by atoms with Crippen LogP contribution in [0.5, 0.6) is 5.75 Å². The van der Waals surface area contributed by atoms with E-state index in [4.69, 9.17) is 0 Å². The van der Waals surface area contributed by atoms with Crippen LogP contribution in [-0.4, -0.2) is 46.1 Å². The molecule has 0 aromatic carbocycles. The van der Waals surface area contributed by atoms with E-state index in [9.17, 15) is 14.7 Å². The minimum absolute atomic E-state index is 0.0493. The van der Waals surface area contributed by atoms with Crippen molar-refractivity contribution in [3.8, 4) is 5.75 Å². The lowest BCUT2D eigenvalue weighted by molar-refractivity contribution is -0.126. The summed E-state index contributed by atoms with van der Waals surface area (Å²) in [5, 5.41) is 15.6. The number of urea groups is 1. The van der Waals surface area contributed by atoms with Gasteiger partial charge in [-0.25, -0.2) is 4.79 Å². The van der Waals surface area contributed by atoms with Gasteiger partial charge >= 0.3 is 6.03 Å². The zero-order valence-corrected chi connectivity index (χ0v) is 14.4. The van der Waals surface area contributed by atoms with Gasteiger partial charge in [-0.2, -0.15) is 0 Å². The molecule has 1 aliphatic carbocycles. The number of amides is 3. The Balaban J connectivity index is 1.49. The minimum atomic E-state index is -0.214. The highest BCUT2D eigenvalue weighted by atomic mass is 16.3. The summed E-state index contributed by atoms with van der Waals surface area (Å²) in [6, 6.07) is 3.42. The fourth-order valence-corrected chi connectivity index (χ4v) is 3.59. The van der Waals surface area contributed by atoms with Crippen molar-refractivity contribution in [2.45, 2.75) is 51.1 Å². The largest absolute Gasteiger partial charge is 0.506 e. The average molecular weight is 346 g/mol. The van der Waals surface area contributed by atoms with Gasteiger partial charge in [0, 0.05) is 25.3 Å². The zero-order chi connectivity index (χ0) is 17.6. The number of hydrogen-bond acceptors (Lipinski definition) is 4. The van der Waals surface area contributed by atoms with Crippen LogP contribution < -0.4 is 10.6 Å². The van der Waals surface area contributed by atoms with Crippen LogP contribution in [0.15, 0.2) is 18.3 Å². The van der Waals surface area contributed by atoms with Crippen LogP contribution in [0.1, 0.15) is 44.2 Å². The number of hydrogen-bond donors (Lipinski definition) is 3. The number of piperidine rings is 1. The standard InChI is InChI=1S/C18H26N4O3/c23-16-8-3-9-19-15(16)11-20-17(24)13-5-4-10-22(12-13)18(25)21-14-6-1-2-7-14/h3,8-9,13-14,23H,1-2,4-7,10-12H2,(H,20,24)(H,21,25)/t13-/m0/s1. The van der Waals surface area contributed by atoms with Gasteiger partial charge in [0.25, 0.3) is 0 Å². The summed E-state index contributed by atoms with van der Waals surface area (Å²) in [6.07, 6.45) is 7.63. The lowest BCUT2D eigenvalue weighted by Gasteiger charge is -2.33. The van der Waals surface area contributed by atoms with Gasteiger partial charge in [0.05, 0.1) is 12.5 Å². The Hall–Kier alpha value is -2.31. The molecule has 3 N–H and O–H groups in total. The molecule has 1 saturated heterocycles. The first kappa shape index (κ1) is 17.5. The number of nitrogens with one attached hydrogen (secondary N) is 2. The summed E-state index contributed by atoms with van der Waals surface area (Å²) in [5.41, 5.74) is 0.447. The maximum Gasteiger partial charge on any atom is 0.317 e. The Labute approximate surface area is 147 Å². The van der Waals surface area contributed by atoms with E-state index in [-0.39, 0.29) is 36.2 Å². The van der Waals surface area contributed by atoms with Crippen LogP contribution in [0.25, 0.3) is 0 Å². The number of rotatable bonds is 4. The third-order valence-electron chi connectivity index (χ3n) is 5.06. The second-order valence-electron chi connectivity index (χ2n) is 6.90. The average Bonchev–Trinajstić information content (AvgIpc) is 3.14. The number of carbonyl (C=O) groups excluding carboxylic acids is 2. The molecule has 3 rings (SSSR count). The first-order chi connectivity index (χ1) is 12.1. The number of pyridine rings is 1. The topological polar surface area (TPSA) is 94.6 Å². The van der Waals surface area contributed by atoms with Crippen LogP contribution in [-0.2, 0) is 11.3 Å². The first-order valence-corrected chi connectivity index (χ1v) is 9.09. The van der Waals surface area contributed by atoms with Crippen LogP contribution in [0.3, 0.4) is 0 Å². The fourth-order valence-electron chi connectivity index (χ4n) is 3.59. The van der Waals surface area contributed by atoms with Crippen LogP contribution in [0.2, 0.25) is 0 Å². The highest BCUT2D eigenvalue weighted by Crippen LogP contribution is 2.20. The van der Waals surface area contributed by atoms with Gasteiger partial charge in [0.1, 0.15) is 11.4 Å². The van der Waals surface area contributed by atoms with Gasteiger partial charge < -0.3 is 20.6 Å². The molecule has 7 nitrogen and oxygen atoms in total. The Morgan fingerprint density at radius 1 is 1.24 bits per heavy atom. The van der Waals surface area contributed by atoms with Crippen molar-refractivity contribution in [3.05, 3.63) is 24.0 Å². The summed E-state index contributed by atoms with van der Waals surface area (Å²) in [7, 11) is 0. The quantitative estimate of drug-likeness (QED) is 0.774. The van der Waals surface area contributed by atoms with Crippen molar-refractivity contribution < 1.29 is 14.7 Å². The second kappa shape index (κ2) is 8.18. The number of likely N-dealkylation sites (tertiary alicyclic amines) is 1. The number of carbonyl (C=O) groups is 2. The van der Waals surface area contributed by atoms with Crippen molar-refractivity contribution in [2.75, 3.05) is 13.1 Å². The van der Waals surface area contributed by atoms with Crippen LogP contribution in [0.4, 0.5) is 4.79 Å². The summed E-state index contributed by atoms with van der Waals surface area (Å²) >= 11 is 0. The molecule has 1 saturated carbocycles. The van der Waals surface area contributed by atoms with Gasteiger partial charge in [-0.1, -0.05) is 12.8 Å². The maximum absolute atomic E-state index is 12.4. The lowest BCUT2D eigenvalue weighted by Crippen LogP contribution is -2.50. The highest BCUT2D eigenvalue weighted by Gasteiger charge is 2.29. The molecule has 0 unspecified atom stereocenters. The molecule has 1 aromatic heterocycles. The van der Waals surface area contributed by atoms with E-state index in [1.54, 1.807) is 23.2 Å². The predicted molar refractivity (Wildman–Crippen MR) is 92.8 cm³/mol. The molecular weight excluding hydrogens is 320 g/mol. The zero-order valence-electron chi connectivity index (χ0n) is 14.4. The van der Waals surface area contributed by atoms with Crippen molar-refractivity contribution >= 4 is 11.9 Å². The van der Waals surface area contributed by atoms with E-state index in [0.29, 0.717) is 18.8 Å². The van der Waals surface area contributed by atoms with E-state index < -0.39 is 0 Å². The van der Waals surface area contributed by atoms with Crippen molar-refractivity contribution in [2.24, 2.45) is 5.92 Å². The van der Waals surface area contributed by atoms with Gasteiger partial charge in [0.15, 0.2) is 0 Å². The second-order valence-corrected chi connectivity index (χ2v) is 6.90. The van der Waals surface area contributed by atoms with Gasteiger partial charge in [0.2, 0.25) is 5.91 Å². The minimum Gasteiger partial charge on any atom is -0.506 e.